The van der Waals surface area contributed by atoms with Crippen molar-refractivity contribution in [3.05, 3.63) is 12.3 Å². The largest absolute Gasteiger partial charge is 0.293 e. The van der Waals surface area contributed by atoms with E-state index in [1.807, 2.05) is 0 Å². The minimum Gasteiger partial charge on any atom is -0.293 e. The van der Waals surface area contributed by atoms with Crippen molar-refractivity contribution in [2.75, 3.05) is 6.54 Å². The van der Waals surface area contributed by atoms with E-state index < -0.39 is 0 Å². The number of hydrogen-bond donors (Lipinski definition) is 0. The first-order valence-electron chi connectivity index (χ1n) is 6.28. The van der Waals surface area contributed by atoms with Crippen molar-refractivity contribution < 1.29 is 0 Å². The van der Waals surface area contributed by atoms with Crippen LogP contribution in [0.25, 0.3) is 0 Å². The van der Waals surface area contributed by atoms with Crippen LogP contribution in [0.2, 0.25) is 0 Å². The second-order valence-corrected chi connectivity index (χ2v) is 5.33. The molecule has 0 N–H and O–H groups in total. The van der Waals surface area contributed by atoms with E-state index in [0.717, 1.165) is 30.2 Å². The van der Waals surface area contributed by atoms with Crippen LogP contribution in [0.3, 0.4) is 0 Å². The van der Waals surface area contributed by atoms with Crippen LogP contribution in [0.15, 0.2) is 12.3 Å². The van der Waals surface area contributed by atoms with Crippen molar-refractivity contribution >= 4 is 0 Å². The summed E-state index contributed by atoms with van der Waals surface area (Å²) < 4.78 is 0. The lowest BCUT2D eigenvalue weighted by atomic mass is 9.62. The topological polar surface area (TPSA) is 14.1 Å². The zero-order valence-corrected chi connectivity index (χ0v) is 8.86. The highest BCUT2D eigenvalue weighted by molar-refractivity contribution is 5.03. The van der Waals surface area contributed by atoms with Crippen LogP contribution in [-0.4, -0.2) is 6.54 Å². The molecule has 0 aromatic carbocycles. The summed E-state index contributed by atoms with van der Waals surface area (Å²) in [5.74, 6) is 3.85. The Kier molecular flexibility index (Phi) is 2.27. The summed E-state index contributed by atoms with van der Waals surface area (Å²) in [5, 5.41) is 4.47. The van der Waals surface area contributed by atoms with E-state index in [1.165, 1.54) is 38.5 Å². The molecule has 0 aromatic rings. The molecule has 3 aliphatic rings. The average molecular weight is 190 g/mol. The van der Waals surface area contributed by atoms with Crippen LogP contribution in [-0.2, 0) is 0 Å². The molecule has 77 valence electrons. The minimum atomic E-state index is 0.895. The van der Waals surface area contributed by atoms with Gasteiger partial charge in [-0.25, -0.2) is 0 Å². The summed E-state index contributed by atoms with van der Waals surface area (Å²) in [4.78, 5) is 0. The maximum Gasteiger partial charge on any atom is 0.0425 e. The molecule has 0 saturated heterocycles. The van der Waals surface area contributed by atoms with Gasteiger partial charge < -0.3 is 0 Å². The third-order valence-electron chi connectivity index (χ3n) is 4.67. The maximum atomic E-state index is 4.47. The van der Waals surface area contributed by atoms with Gasteiger partial charge >= 0.3 is 0 Å². The van der Waals surface area contributed by atoms with E-state index in [4.69, 9.17) is 0 Å². The average Bonchev–Trinajstić information content (AvgIpc) is 2.01. The Balaban J connectivity index is 1.69. The molecule has 0 aromatic heterocycles. The first-order chi connectivity index (χ1) is 6.95. The van der Waals surface area contributed by atoms with E-state index in [0.29, 0.717) is 0 Å². The van der Waals surface area contributed by atoms with Crippen LogP contribution in [0.1, 0.15) is 38.5 Å². The first-order valence-corrected chi connectivity index (χ1v) is 6.28. The molecule has 1 heterocycles. The predicted molar refractivity (Wildman–Crippen MR) is 57.8 cm³/mol. The fourth-order valence-corrected chi connectivity index (χ4v) is 3.27. The van der Waals surface area contributed by atoms with Gasteiger partial charge in [-0.05, 0) is 36.5 Å². The third-order valence-corrected chi connectivity index (χ3v) is 4.67. The molecule has 1 aliphatic heterocycles. The van der Waals surface area contributed by atoms with Gasteiger partial charge in [0.05, 0.1) is 0 Å². The molecule has 0 amide bonds. The molecule has 2 atom stereocenters. The molecule has 2 fully saturated rings. The van der Waals surface area contributed by atoms with Gasteiger partial charge in [0.1, 0.15) is 0 Å². The fourth-order valence-electron chi connectivity index (χ4n) is 3.27. The highest BCUT2D eigenvalue weighted by Crippen LogP contribution is 2.46. The standard InChI is InChI=1S/C13H20N/c1-3-10(4-1)12-7-8-14-9-13(12)11-5-2-6-11/h7-8,10-13H,1-6,9H2. The van der Waals surface area contributed by atoms with E-state index in [1.54, 1.807) is 0 Å². The summed E-state index contributed by atoms with van der Waals surface area (Å²) >= 11 is 0. The summed E-state index contributed by atoms with van der Waals surface area (Å²) in [7, 11) is 0. The molecule has 0 spiro atoms. The zero-order valence-electron chi connectivity index (χ0n) is 8.86. The predicted octanol–water partition coefficient (Wildman–Crippen LogP) is 2.95. The number of rotatable bonds is 2. The fraction of sp³-hybridized carbons (Fsp3) is 0.846. The number of nitrogens with zero attached hydrogens (tertiary/aromatic N) is 1. The number of allylic oxidation sites excluding steroid dienone is 1. The Morgan fingerprint density at radius 1 is 0.929 bits per heavy atom. The molecule has 1 radical (unpaired) electrons. The van der Waals surface area contributed by atoms with E-state index in [9.17, 15) is 0 Å². The Hall–Kier alpha value is -0.460. The molecule has 3 rings (SSSR count). The first kappa shape index (κ1) is 8.82. The van der Waals surface area contributed by atoms with Crippen molar-refractivity contribution in [2.45, 2.75) is 38.5 Å². The molecule has 14 heavy (non-hydrogen) atoms. The van der Waals surface area contributed by atoms with Crippen molar-refractivity contribution in [3.8, 4) is 0 Å². The Labute approximate surface area is 87.0 Å². The lowest BCUT2D eigenvalue weighted by molar-refractivity contribution is 0.0924. The third kappa shape index (κ3) is 1.37. The highest BCUT2D eigenvalue weighted by atomic mass is 14.9. The van der Waals surface area contributed by atoms with Crippen LogP contribution >= 0.6 is 0 Å². The Bertz CT molecular complexity index is 225. The Morgan fingerprint density at radius 2 is 1.64 bits per heavy atom. The lowest BCUT2D eigenvalue weighted by Crippen LogP contribution is -2.40. The van der Waals surface area contributed by atoms with E-state index in [-0.39, 0.29) is 0 Å². The highest BCUT2D eigenvalue weighted by Gasteiger charge is 2.38. The van der Waals surface area contributed by atoms with Crippen molar-refractivity contribution in [2.24, 2.45) is 23.7 Å². The quantitative estimate of drug-likeness (QED) is 0.635. The van der Waals surface area contributed by atoms with E-state index >= 15 is 0 Å². The summed E-state index contributed by atoms with van der Waals surface area (Å²) in [6.45, 7) is 1.13. The molecular weight excluding hydrogens is 170 g/mol. The van der Waals surface area contributed by atoms with Gasteiger partial charge in [-0.3, -0.25) is 5.32 Å². The second-order valence-electron chi connectivity index (χ2n) is 5.33. The van der Waals surface area contributed by atoms with Crippen LogP contribution in [0.4, 0.5) is 0 Å². The molecule has 0 bridgehead atoms. The summed E-state index contributed by atoms with van der Waals surface area (Å²) in [5.41, 5.74) is 0. The smallest absolute Gasteiger partial charge is 0.0425 e. The van der Waals surface area contributed by atoms with Crippen LogP contribution in [0.5, 0.6) is 0 Å². The second kappa shape index (κ2) is 3.60. The van der Waals surface area contributed by atoms with Crippen LogP contribution in [0, 0.1) is 23.7 Å². The van der Waals surface area contributed by atoms with Crippen molar-refractivity contribution in [1.29, 1.82) is 0 Å². The molecule has 1 heteroatoms. The van der Waals surface area contributed by atoms with Gasteiger partial charge in [-0.1, -0.05) is 31.8 Å². The molecule has 2 aliphatic carbocycles. The van der Waals surface area contributed by atoms with Crippen molar-refractivity contribution in [3.63, 3.8) is 0 Å². The minimum absolute atomic E-state index is 0.895. The molecular formula is C13H20N. The van der Waals surface area contributed by atoms with E-state index in [2.05, 4.69) is 17.6 Å². The summed E-state index contributed by atoms with van der Waals surface area (Å²) in [6.07, 6.45) is 13.4. The van der Waals surface area contributed by atoms with Gasteiger partial charge in [-0.2, -0.15) is 0 Å². The number of hydrogen-bond acceptors (Lipinski definition) is 0. The Morgan fingerprint density at radius 3 is 2.21 bits per heavy atom. The monoisotopic (exact) mass is 190 g/mol. The van der Waals surface area contributed by atoms with Gasteiger partial charge in [0.15, 0.2) is 0 Å². The lowest BCUT2D eigenvalue weighted by Gasteiger charge is -2.44. The SMILES string of the molecule is C1=CC(C2CCC2)C(C2CCC2)C[N]1. The molecule has 2 saturated carbocycles. The molecule has 1 nitrogen and oxygen atoms in total. The zero-order chi connectivity index (χ0) is 9.38. The van der Waals surface area contributed by atoms with Gasteiger partial charge in [-0.15, -0.1) is 0 Å². The molecule has 2 unspecified atom stereocenters. The van der Waals surface area contributed by atoms with Gasteiger partial charge in [0, 0.05) is 12.7 Å². The van der Waals surface area contributed by atoms with Gasteiger partial charge in [0.25, 0.3) is 0 Å². The normalized spacial score (nSPS) is 38.6. The van der Waals surface area contributed by atoms with Crippen LogP contribution < -0.4 is 5.32 Å². The van der Waals surface area contributed by atoms with Gasteiger partial charge in [0.2, 0.25) is 0 Å². The van der Waals surface area contributed by atoms with Crippen molar-refractivity contribution in [1.82, 2.24) is 5.32 Å². The maximum absolute atomic E-state index is 4.47. The summed E-state index contributed by atoms with van der Waals surface area (Å²) in [6, 6.07) is 0.